The second kappa shape index (κ2) is 3.74. The van der Waals surface area contributed by atoms with Gasteiger partial charge in [-0.3, -0.25) is 0 Å². The summed E-state index contributed by atoms with van der Waals surface area (Å²) in [6, 6.07) is 19.5. The first-order valence-electron chi connectivity index (χ1n) is 5.85. The molecular weight excluding hydrogens is 256 g/mol. The monoisotopic (exact) mass is 266 g/mol. The fourth-order valence-electron chi connectivity index (χ4n) is 2.45. The Kier molecular flexibility index (Phi) is 2.16. The molecule has 0 aliphatic heterocycles. The number of benzene rings is 3. The van der Waals surface area contributed by atoms with Crippen molar-refractivity contribution in [2.24, 2.45) is 0 Å². The van der Waals surface area contributed by atoms with Crippen LogP contribution in [0.25, 0.3) is 30.9 Å². The van der Waals surface area contributed by atoms with Gasteiger partial charge in [0.05, 0.1) is 0 Å². The van der Waals surface area contributed by atoms with Crippen LogP contribution in [0.3, 0.4) is 0 Å². The van der Waals surface area contributed by atoms with Gasteiger partial charge in [-0.05, 0) is 35.0 Å². The largest absolute Gasteiger partial charge is 0.143 e. The SMILES string of the molecule is Sc1ccc2c(c1)sc1cc3ccccc3cc12. The predicted octanol–water partition coefficient (Wildman–Crippen LogP) is 5.50. The van der Waals surface area contributed by atoms with Crippen molar-refractivity contribution in [3.05, 3.63) is 54.6 Å². The summed E-state index contributed by atoms with van der Waals surface area (Å²) in [5, 5.41) is 5.29. The zero-order valence-electron chi connectivity index (χ0n) is 9.55. The molecule has 0 saturated heterocycles. The van der Waals surface area contributed by atoms with E-state index in [0.29, 0.717) is 0 Å². The van der Waals surface area contributed by atoms with Gasteiger partial charge in [0.2, 0.25) is 0 Å². The van der Waals surface area contributed by atoms with Crippen molar-refractivity contribution in [2.45, 2.75) is 4.90 Å². The Morgan fingerprint density at radius 3 is 2.28 bits per heavy atom. The quantitative estimate of drug-likeness (QED) is 0.399. The second-order valence-corrected chi connectivity index (χ2v) is 6.08. The molecule has 0 unspecified atom stereocenters. The van der Waals surface area contributed by atoms with Crippen LogP contribution in [0.15, 0.2) is 59.5 Å². The van der Waals surface area contributed by atoms with E-state index in [2.05, 4.69) is 67.2 Å². The first-order valence-corrected chi connectivity index (χ1v) is 7.12. The van der Waals surface area contributed by atoms with E-state index in [-0.39, 0.29) is 0 Å². The van der Waals surface area contributed by atoms with Gasteiger partial charge in [0, 0.05) is 25.1 Å². The molecule has 0 aliphatic rings. The number of hydrogen-bond acceptors (Lipinski definition) is 2. The molecule has 86 valence electrons. The standard InChI is InChI=1S/C16H10S2/c17-12-5-6-13-14-7-10-3-1-2-4-11(10)8-15(14)18-16(13)9-12/h1-9,17H. The molecule has 0 radical (unpaired) electrons. The molecule has 3 aromatic carbocycles. The lowest BCUT2D eigenvalue weighted by atomic mass is 10.1. The summed E-state index contributed by atoms with van der Waals surface area (Å²) in [4.78, 5) is 1.03. The molecule has 0 N–H and O–H groups in total. The van der Waals surface area contributed by atoms with Gasteiger partial charge in [0.15, 0.2) is 0 Å². The second-order valence-electron chi connectivity index (χ2n) is 4.48. The third-order valence-corrected chi connectivity index (χ3v) is 4.72. The van der Waals surface area contributed by atoms with Gasteiger partial charge < -0.3 is 0 Å². The zero-order valence-corrected chi connectivity index (χ0v) is 11.3. The summed E-state index contributed by atoms with van der Waals surface area (Å²) >= 11 is 6.26. The number of thiol groups is 1. The van der Waals surface area contributed by atoms with Gasteiger partial charge >= 0.3 is 0 Å². The van der Waals surface area contributed by atoms with Crippen LogP contribution in [-0.2, 0) is 0 Å². The molecule has 0 fully saturated rings. The highest BCUT2D eigenvalue weighted by atomic mass is 32.1. The molecule has 0 aliphatic carbocycles. The molecule has 18 heavy (non-hydrogen) atoms. The van der Waals surface area contributed by atoms with Gasteiger partial charge in [-0.25, -0.2) is 0 Å². The van der Waals surface area contributed by atoms with Crippen molar-refractivity contribution < 1.29 is 0 Å². The van der Waals surface area contributed by atoms with Gasteiger partial charge in [0.25, 0.3) is 0 Å². The lowest BCUT2D eigenvalue weighted by Gasteiger charge is -1.98. The van der Waals surface area contributed by atoms with Crippen molar-refractivity contribution in [1.82, 2.24) is 0 Å². The first kappa shape index (κ1) is 10.4. The third kappa shape index (κ3) is 1.46. The van der Waals surface area contributed by atoms with Gasteiger partial charge in [-0.15, -0.1) is 24.0 Å². The number of hydrogen-bond donors (Lipinski definition) is 1. The van der Waals surface area contributed by atoms with Gasteiger partial charge in [-0.1, -0.05) is 30.3 Å². The van der Waals surface area contributed by atoms with Crippen molar-refractivity contribution in [3.63, 3.8) is 0 Å². The van der Waals surface area contributed by atoms with Gasteiger partial charge in [0.1, 0.15) is 0 Å². The van der Waals surface area contributed by atoms with Crippen LogP contribution in [0, 0.1) is 0 Å². The summed E-state index contributed by atoms with van der Waals surface area (Å²) in [6.07, 6.45) is 0. The highest BCUT2D eigenvalue weighted by Crippen LogP contribution is 2.37. The topological polar surface area (TPSA) is 0 Å². The maximum Gasteiger partial charge on any atom is 0.0366 e. The molecule has 2 heteroatoms. The average molecular weight is 266 g/mol. The molecule has 0 bridgehead atoms. The molecule has 0 spiro atoms. The summed E-state index contributed by atoms with van der Waals surface area (Å²) in [6.45, 7) is 0. The van der Waals surface area contributed by atoms with E-state index in [0.717, 1.165) is 4.90 Å². The van der Waals surface area contributed by atoms with Crippen molar-refractivity contribution in [2.75, 3.05) is 0 Å². The minimum Gasteiger partial charge on any atom is -0.143 e. The molecular formula is C16H10S2. The molecule has 1 heterocycles. The Morgan fingerprint density at radius 2 is 1.44 bits per heavy atom. The van der Waals surface area contributed by atoms with Crippen molar-refractivity contribution in [1.29, 1.82) is 0 Å². The Morgan fingerprint density at radius 1 is 0.722 bits per heavy atom. The zero-order chi connectivity index (χ0) is 12.1. The number of rotatable bonds is 0. The third-order valence-electron chi connectivity index (χ3n) is 3.32. The van der Waals surface area contributed by atoms with E-state index < -0.39 is 0 Å². The van der Waals surface area contributed by atoms with E-state index in [4.69, 9.17) is 0 Å². The van der Waals surface area contributed by atoms with Crippen LogP contribution in [0.4, 0.5) is 0 Å². The van der Waals surface area contributed by atoms with Gasteiger partial charge in [-0.2, -0.15) is 0 Å². The maximum atomic E-state index is 4.41. The molecule has 0 amide bonds. The lowest BCUT2D eigenvalue weighted by molar-refractivity contribution is 1.55. The summed E-state index contributed by atoms with van der Waals surface area (Å²) in [7, 11) is 0. The van der Waals surface area contributed by atoms with Crippen LogP contribution < -0.4 is 0 Å². The summed E-state index contributed by atoms with van der Waals surface area (Å²) in [5.74, 6) is 0. The average Bonchev–Trinajstić information content (AvgIpc) is 2.72. The minimum absolute atomic E-state index is 1.03. The molecule has 1 aromatic heterocycles. The van der Waals surface area contributed by atoms with Crippen molar-refractivity contribution >= 4 is 54.9 Å². The van der Waals surface area contributed by atoms with Crippen LogP contribution in [0.1, 0.15) is 0 Å². The number of thiophene rings is 1. The Labute approximate surface area is 114 Å². The Balaban J connectivity index is 2.23. The molecule has 4 rings (SSSR count). The lowest BCUT2D eigenvalue weighted by Crippen LogP contribution is -1.71. The van der Waals surface area contributed by atoms with Crippen LogP contribution in [0.2, 0.25) is 0 Å². The highest BCUT2D eigenvalue weighted by molar-refractivity contribution is 7.80. The van der Waals surface area contributed by atoms with Crippen LogP contribution >= 0.6 is 24.0 Å². The Hall–Kier alpha value is -1.51. The molecule has 0 saturated carbocycles. The molecule has 0 atom stereocenters. The number of fused-ring (bicyclic) bond motifs is 4. The van der Waals surface area contributed by atoms with Crippen LogP contribution in [0.5, 0.6) is 0 Å². The van der Waals surface area contributed by atoms with Crippen LogP contribution in [-0.4, -0.2) is 0 Å². The van der Waals surface area contributed by atoms with E-state index in [9.17, 15) is 0 Å². The smallest absolute Gasteiger partial charge is 0.0366 e. The van der Waals surface area contributed by atoms with E-state index in [1.165, 1.54) is 30.9 Å². The highest BCUT2D eigenvalue weighted by Gasteiger charge is 2.06. The predicted molar refractivity (Wildman–Crippen MR) is 84.1 cm³/mol. The van der Waals surface area contributed by atoms with E-state index >= 15 is 0 Å². The minimum atomic E-state index is 1.03. The molecule has 0 nitrogen and oxygen atoms in total. The maximum absolute atomic E-state index is 4.41. The fraction of sp³-hybridized carbons (Fsp3) is 0. The normalized spacial score (nSPS) is 11.6. The van der Waals surface area contributed by atoms with E-state index in [1.807, 2.05) is 11.3 Å². The summed E-state index contributed by atoms with van der Waals surface area (Å²) in [5.41, 5.74) is 0. The molecule has 4 aromatic rings. The first-order chi connectivity index (χ1) is 8.81. The fourth-order valence-corrected chi connectivity index (χ4v) is 3.92. The van der Waals surface area contributed by atoms with E-state index in [1.54, 1.807) is 0 Å². The Bertz CT molecular complexity index is 887. The summed E-state index contributed by atoms with van der Waals surface area (Å²) < 4.78 is 2.66. The van der Waals surface area contributed by atoms with Crippen molar-refractivity contribution in [3.8, 4) is 0 Å².